The Hall–Kier alpha value is -2.28. The number of nitrogens with zero attached hydrogens (tertiary/aromatic N) is 1. The van der Waals surface area contributed by atoms with Crippen molar-refractivity contribution in [3.8, 4) is 17.0 Å². The predicted octanol–water partition coefficient (Wildman–Crippen LogP) is 4.00. The fourth-order valence-electron chi connectivity index (χ4n) is 1.59. The van der Waals surface area contributed by atoms with Gasteiger partial charge in [-0.25, -0.2) is 4.79 Å². The van der Waals surface area contributed by atoms with E-state index >= 15 is 0 Å². The lowest BCUT2D eigenvalue weighted by Crippen LogP contribution is -2.17. The Kier molecular flexibility index (Phi) is 4.04. The Morgan fingerprint density at radius 2 is 1.95 bits per heavy atom. The van der Waals surface area contributed by atoms with Crippen LogP contribution in [0.2, 0.25) is 5.02 Å². The molecule has 1 aromatic carbocycles. The summed E-state index contributed by atoms with van der Waals surface area (Å²) in [6.45, 7) is 0. The molecule has 21 heavy (non-hydrogen) atoms. The van der Waals surface area contributed by atoms with Crippen LogP contribution in [0.3, 0.4) is 0 Å². The van der Waals surface area contributed by atoms with E-state index in [-0.39, 0.29) is 16.3 Å². The molecule has 0 fully saturated rings. The summed E-state index contributed by atoms with van der Waals surface area (Å²) in [6, 6.07) is 6.16. The minimum atomic E-state index is -4.84. The highest BCUT2D eigenvalue weighted by molar-refractivity contribution is 6.32. The van der Waals surface area contributed by atoms with Gasteiger partial charge in [-0.05, 0) is 30.3 Å². The summed E-state index contributed by atoms with van der Waals surface area (Å²) in [5, 5.41) is 8.63. The molecule has 0 saturated heterocycles. The highest BCUT2D eigenvalue weighted by atomic mass is 35.5. The fraction of sp³-hybridized carbons (Fsp3) is 0.0769. The molecule has 1 heterocycles. The number of ether oxygens (including phenoxy) is 1. The first-order valence-corrected chi connectivity index (χ1v) is 5.89. The second kappa shape index (κ2) is 5.61. The lowest BCUT2D eigenvalue weighted by atomic mass is 10.1. The Labute approximate surface area is 121 Å². The van der Waals surface area contributed by atoms with E-state index in [1.165, 1.54) is 30.5 Å². The molecule has 0 radical (unpaired) electrons. The van der Waals surface area contributed by atoms with Crippen molar-refractivity contribution in [3.05, 3.63) is 47.1 Å². The number of pyridine rings is 1. The van der Waals surface area contributed by atoms with Crippen LogP contribution in [-0.2, 0) is 0 Å². The van der Waals surface area contributed by atoms with E-state index in [1.807, 2.05) is 0 Å². The van der Waals surface area contributed by atoms with Crippen molar-refractivity contribution in [1.82, 2.24) is 4.98 Å². The summed E-state index contributed by atoms with van der Waals surface area (Å²) in [5.74, 6) is -1.68. The van der Waals surface area contributed by atoms with E-state index in [0.717, 1.165) is 6.07 Å². The molecule has 1 aromatic heterocycles. The van der Waals surface area contributed by atoms with Gasteiger partial charge in [0.15, 0.2) is 0 Å². The first-order valence-electron chi connectivity index (χ1n) is 5.51. The number of aromatic nitrogens is 1. The Balaban J connectivity index is 2.36. The number of halogens is 4. The van der Waals surface area contributed by atoms with Crippen LogP contribution in [0.4, 0.5) is 13.2 Å². The number of rotatable bonds is 3. The van der Waals surface area contributed by atoms with Crippen molar-refractivity contribution in [2.75, 3.05) is 0 Å². The molecule has 2 rings (SSSR count). The molecule has 0 aliphatic rings. The lowest BCUT2D eigenvalue weighted by Gasteiger charge is -2.11. The standard InChI is InChI=1S/C13H7ClF3NO3/c14-9-5-7(1-2-11(9)21-13(15,16)17)10-6-8(12(19)20)3-4-18-10/h1-6H,(H,19,20). The van der Waals surface area contributed by atoms with Crippen molar-refractivity contribution in [1.29, 1.82) is 0 Å². The second-order valence-electron chi connectivity index (χ2n) is 3.93. The van der Waals surface area contributed by atoms with Gasteiger partial charge in [0.2, 0.25) is 0 Å². The molecule has 0 atom stereocenters. The number of benzene rings is 1. The highest BCUT2D eigenvalue weighted by Gasteiger charge is 2.32. The van der Waals surface area contributed by atoms with Crippen LogP contribution in [0.5, 0.6) is 5.75 Å². The van der Waals surface area contributed by atoms with Gasteiger partial charge >= 0.3 is 12.3 Å². The average Bonchev–Trinajstić information content (AvgIpc) is 2.40. The topological polar surface area (TPSA) is 59.4 Å². The van der Waals surface area contributed by atoms with E-state index < -0.39 is 18.1 Å². The Morgan fingerprint density at radius 1 is 1.24 bits per heavy atom. The number of aromatic carboxylic acids is 1. The first-order chi connectivity index (χ1) is 9.76. The van der Waals surface area contributed by atoms with Crippen LogP contribution < -0.4 is 4.74 Å². The third-order valence-corrected chi connectivity index (χ3v) is 2.76. The van der Waals surface area contributed by atoms with Gasteiger partial charge in [-0.3, -0.25) is 4.98 Å². The molecule has 0 saturated carbocycles. The predicted molar refractivity (Wildman–Crippen MR) is 68.3 cm³/mol. The molecular weight excluding hydrogens is 311 g/mol. The van der Waals surface area contributed by atoms with Gasteiger partial charge in [-0.1, -0.05) is 11.6 Å². The number of carboxylic acids is 1. The SMILES string of the molecule is O=C(O)c1ccnc(-c2ccc(OC(F)(F)F)c(Cl)c2)c1. The zero-order chi connectivity index (χ0) is 15.6. The van der Waals surface area contributed by atoms with Crippen molar-refractivity contribution < 1.29 is 27.8 Å². The van der Waals surface area contributed by atoms with Crippen LogP contribution in [0, 0.1) is 0 Å². The molecule has 0 amide bonds. The van der Waals surface area contributed by atoms with Crippen molar-refractivity contribution in [3.63, 3.8) is 0 Å². The maximum Gasteiger partial charge on any atom is 0.573 e. The van der Waals surface area contributed by atoms with Crippen LogP contribution in [0.15, 0.2) is 36.5 Å². The van der Waals surface area contributed by atoms with Crippen molar-refractivity contribution >= 4 is 17.6 Å². The first kappa shape index (κ1) is 15.1. The second-order valence-corrected chi connectivity index (χ2v) is 4.34. The summed E-state index contributed by atoms with van der Waals surface area (Å²) < 4.78 is 40.1. The van der Waals surface area contributed by atoms with E-state index in [1.54, 1.807) is 0 Å². The van der Waals surface area contributed by atoms with Crippen molar-refractivity contribution in [2.45, 2.75) is 6.36 Å². The molecule has 1 N–H and O–H groups in total. The number of carboxylic acid groups (broad SMARTS) is 1. The van der Waals surface area contributed by atoms with E-state index in [2.05, 4.69) is 9.72 Å². The third kappa shape index (κ3) is 3.85. The molecule has 4 nitrogen and oxygen atoms in total. The van der Waals surface area contributed by atoms with Gasteiger partial charge in [-0.15, -0.1) is 13.2 Å². The summed E-state index contributed by atoms with van der Waals surface area (Å²) in [6.07, 6.45) is -3.56. The lowest BCUT2D eigenvalue weighted by molar-refractivity contribution is -0.274. The summed E-state index contributed by atoms with van der Waals surface area (Å²) in [7, 11) is 0. The quantitative estimate of drug-likeness (QED) is 0.929. The highest BCUT2D eigenvalue weighted by Crippen LogP contribution is 2.33. The molecule has 110 valence electrons. The maximum absolute atomic E-state index is 12.1. The van der Waals surface area contributed by atoms with Gasteiger partial charge in [0, 0.05) is 11.8 Å². The molecule has 0 unspecified atom stereocenters. The molecule has 0 spiro atoms. The van der Waals surface area contributed by atoms with Crippen molar-refractivity contribution in [2.24, 2.45) is 0 Å². The van der Waals surface area contributed by atoms with Gasteiger partial charge in [0.1, 0.15) is 5.75 Å². The van der Waals surface area contributed by atoms with Gasteiger partial charge in [0.05, 0.1) is 16.3 Å². The van der Waals surface area contributed by atoms with Crippen LogP contribution >= 0.6 is 11.6 Å². The third-order valence-electron chi connectivity index (χ3n) is 2.46. The number of alkyl halides is 3. The molecular formula is C13H7ClF3NO3. The van der Waals surface area contributed by atoms with E-state index in [9.17, 15) is 18.0 Å². The van der Waals surface area contributed by atoms with Crippen LogP contribution in [0.25, 0.3) is 11.3 Å². The number of hydrogen-bond donors (Lipinski definition) is 1. The largest absolute Gasteiger partial charge is 0.573 e. The normalized spacial score (nSPS) is 11.2. The van der Waals surface area contributed by atoms with Gasteiger partial charge in [-0.2, -0.15) is 0 Å². The van der Waals surface area contributed by atoms with E-state index in [4.69, 9.17) is 16.7 Å². The minimum absolute atomic E-state index is 0.00624. The Morgan fingerprint density at radius 3 is 2.52 bits per heavy atom. The average molecular weight is 318 g/mol. The Bertz CT molecular complexity index is 689. The summed E-state index contributed by atoms with van der Waals surface area (Å²) in [5.41, 5.74) is 0.653. The van der Waals surface area contributed by atoms with Gasteiger partial charge < -0.3 is 9.84 Å². The van der Waals surface area contributed by atoms with Gasteiger partial charge in [0.25, 0.3) is 0 Å². The zero-order valence-corrected chi connectivity index (χ0v) is 10.9. The van der Waals surface area contributed by atoms with Crippen LogP contribution in [-0.4, -0.2) is 22.4 Å². The minimum Gasteiger partial charge on any atom is -0.478 e. The molecule has 8 heteroatoms. The monoisotopic (exact) mass is 317 g/mol. The fourth-order valence-corrected chi connectivity index (χ4v) is 1.81. The smallest absolute Gasteiger partial charge is 0.478 e. The zero-order valence-electron chi connectivity index (χ0n) is 10.2. The molecule has 0 aliphatic carbocycles. The number of carbonyl (C=O) groups is 1. The molecule has 2 aromatic rings. The maximum atomic E-state index is 12.1. The summed E-state index contributed by atoms with van der Waals surface area (Å²) >= 11 is 5.72. The summed E-state index contributed by atoms with van der Waals surface area (Å²) in [4.78, 5) is 14.8. The van der Waals surface area contributed by atoms with E-state index in [0.29, 0.717) is 5.56 Å². The van der Waals surface area contributed by atoms with Crippen LogP contribution in [0.1, 0.15) is 10.4 Å². The number of hydrogen-bond acceptors (Lipinski definition) is 3. The molecule has 0 bridgehead atoms. The molecule has 0 aliphatic heterocycles.